The van der Waals surface area contributed by atoms with Gasteiger partial charge in [0.05, 0.1) is 7.11 Å². The number of rotatable bonds is 10. The molecule has 0 saturated heterocycles. The molecule has 0 aliphatic heterocycles. The van der Waals surface area contributed by atoms with E-state index >= 15 is 0 Å². The molecule has 0 bridgehead atoms. The number of methoxy groups -OCH3 is 1. The SMILES string of the molecule is CCCN(C(=O)C(CS)NC(=O)OC(C)(C)C)C(C(=O)Nc1ccc(OC)cc1)c1cccc(O)c1. The van der Waals surface area contributed by atoms with E-state index < -0.39 is 35.6 Å². The monoisotopic (exact) mass is 517 g/mol. The van der Waals surface area contributed by atoms with Gasteiger partial charge < -0.3 is 30.1 Å². The molecule has 0 saturated carbocycles. The van der Waals surface area contributed by atoms with Crippen LogP contribution in [-0.2, 0) is 14.3 Å². The van der Waals surface area contributed by atoms with E-state index in [1.165, 1.54) is 17.0 Å². The number of anilines is 1. The molecule has 10 heteroatoms. The maximum Gasteiger partial charge on any atom is 0.408 e. The standard InChI is InChI=1S/C26H35N3O6S/c1-6-14-29(24(32)21(16-36)28-25(33)35-26(2,3)4)22(17-8-7-9-19(30)15-17)23(31)27-18-10-12-20(34-5)13-11-18/h7-13,15,21-22,30,36H,6,14,16H2,1-5H3,(H,27,31)(H,28,33). The van der Waals surface area contributed by atoms with E-state index in [1.807, 2.05) is 6.92 Å². The van der Waals surface area contributed by atoms with Crippen LogP contribution in [0.15, 0.2) is 48.5 Å². The summed E-state index contributed by atoms with van der Waals surface area (Å²) < 4.78 is 10.4. The Balaban J connectivity index is 2.41. The van der Waals surface area contributed by atoms with Crippen LogP contribution in [0.4, 0.5) is 10.5 Å². The van der Waals surface area contributed by atoms with Crippen LogP contribution in [-0.4, -0.2) is 59.0 Å². The van der Waals surface area contributed by atoms with E-state index in [0.717, 1.165) is 0 Å². The topological polar surface area (TPSA) is 117 Å². The number of phenolic OH excluding ortho intramolecular Hbond substituents is 1. The number of carbonyl (C=O) groups excluding carboxylic acids is 3. The number of hydrogen-bond acceptors (Lipinski definition) is 7. The van der Waals surface area contributed by atoms with Crippen molar-refractivity contribution in [3.8, 4) is 11.5 Å². The summed E-state index contributed by atoms with van der Waals surface area (Å²) in [5.41, 5.74) is 0.171. The molecular weight excluding hydrogens is 482 g/mol. The van der Waals surface area contributed by atoms with Gasteiger partial charge in [0.1, 0.15) is 29.2 Å². The van der Waals surface area contributed by atoms with Gasteiger partial charge in [-0.15, -0.1) is 0 Å². The van der Waals surface area contributed by atoms with E-state index in [9.17, 15) is 19.5 Å². The number of thiol groups is 1. The molecule has 2 aromatic rings. The van der Waals surface area contributed by atoms with Gasteiger partial charge in [0.25, 0.3) is 5.91 Å². The first kappa shape index (κ1) is 28.8. The zero-order valence-corrected chi connectivity index (χ0v) is 22.2. The van der Waals surface area contributed by atoms with Gasteiger partial charge in [-0.1, -0.05) is 19.1 Å². The van der Waals surface area contributed by atoms with Gasteiger partial charge in [-0.2, -0.15) is 12.6 Å². The zero-order chi connectivity index (χ0) is 26.9. The lowest BCUT2D eigenvalue weighted by molar-refractivity contribution is -0.140. The molecule has 0 heterocycles. The van der Waals surface area contributed by atoms with Crippen LogP contribution in [0.2, 0.25) is 0 Å². The maximum atomic E-state index is 13.7. The van der Waals surface area contributed by atoms with E-state index in [1.54, 1.807) is 64.3 Å². The van der Waals surface area contributed by atoms with Crippen LogP contribution >= 0.6 is 12.6 Å². The second kappa shape index (κ2) is 13.1. The molecule has 2 atom stereocenters. The average Bonchev–Trinajstić information content (AvgIpc) is 2.81. The predicted octanol–water partition coefficient (Wildman–Crippen LogP) is 4.14. The van der Waals surface area contributed by atoms with Gasteiger partial charge in [-0.3, -0.25) is 9.59 Å². The molecule has 0 radical (unpaired) electrons. The number of carbonyl (C=O) groups is 3. The summed E-state index contributed by atoms with van der Waals surface area (Å²) in [5.74, 6) is -0.411. The molecule has 3 N–H and O–H groups in total. The molecule has 0 aliphatic rings. The third-order valence-corrected chi connectivity index (χ3v) is 5.39. The highest BCUT2D eigenvalue weighted by Gasteiger charge is 2.35. The van der Waals surface area contributed by atoms with Crippen LogP contribution in [0, 0.1) is 0 Å². The highest BCUT2D eigenvalue weighted by molar-refractivity contribution is 7.80. The number of amides is 3. The molecule has 0 spiro atoms. The van der Waals surface area contributed by atoms with Crippen molar-refractivity contribution in [1.82, 2.24) is 10.2 Å². The lowest BCUT2D eigenvalue weighted by Crippen LogP contribution is -2.53. The quantitative estimate of drug-likeness (QED) is 0.352. The van der Waals surface area contributed by atoms with Crippen LogP contribution in [0.5, 0.6) is 11.5 Å². The minimum Gasteiger partial charge on any atom is -0.508 e. The Kier molecular flexibility index (Phi) is 10.5. The molecule has 9 nitrogen and oxygen atoms in total. The Labute approximate surface area is 217 Å². The van der Waals surface area contributed by atoms with Crippen LogP contribution in [0.25, 0.3) is 0 Å². The Morgan fingerprint density at radius 2 is 1.78 bits per heavy atom. The van der Waals surface area contributed by atoms with E-state index in [-0.39, 0.29) is 18.0 Å². The number of nitrogens with zero attached hydrogens (tertiary/aromatic N) is 1. The Morgan fingerprint density at radius 1 is 1.11 bits per heavy atom. The van der Waals surface area contributed by atoms with Gasteiger partial charge in [-0.05, 0) is 69.2 Å². The molecule has 0 fully saturated rings. The summed E-state index contributed by atoms with van der Waals surface area (Å²) in [6.07, 6.45) is -0.217. The average molecular weight is 518 g/mol. The van der Waals surface area contributed by atoms with Crippen LogP contribution < -0.4 is 15.4 Å². The number of ether oxygens (including phenoxy) is 2. The van der Waals surface area contributed by atoms with Crippen molar-refractivity contribution < 1.29 is 29.0 Å². The Hall–Kier alpha value is -3.40. The minimum atomic E-state index is -1.09. The Bertz CT molecular complexity index is 1040. The first-order valence-corrected chi connectivity index (χ1v) is 12.3. The van der Waals surface area contributed by atoms with Gasteiger partial charge in [0, 0.05) is 18.0 Å². The lowest BCUT2D eigenvalue weighted by Gasteiger charge is -2.34. The fraction of sp³-hybridized carbons (Fsp3) is 0.423. The van der Waals surface area contributed by atoms with Crippen molar-refractivity contribution >= 4 is 36.2 Å². The fourth-order valence-electron chi connectivity index (χ4n) is 3.50. The first-order valence-electron chi connectivity index (χ1n) is 11.6. The zero-order valence-electron chi connectivity index (χ0n) is 21.3. The molecule has 196 valence electrons. The second-order valence-corrected chi connectivity index (χ2v) is 9.49. The van der Waals surface area contributed by atoms with Crippen molar-refractivity contribution in [2.45, 2.75) is 51.8 Å². The number of aromatic hydroxyl groups is 1. The van der Waals surface area contributed by atoms with Crippen molar-refractivity contribution in [2.75, 3.05) is 24.7 Å². The van der Waals surface area contributed by atoms with Crippen molar-refractivity contribution in [3.63, 3.8) is 0 Å². The molecule has 0 aliphatic carbocycles. The molecular formula is C26H35N3O6S. The smallest absolute Gasteiger partial charge is 0.408 e. The number of benzene rings is 2. The number of nitrogens with one attached hydrogen (secondary N) is 2. The molecule has 3 amide bonds. The van der Waals surface area contributed by atoms with Gasteiger partial charge in [0.15, 0.2) is 0 Å². The summed E-state index contributed by atoms with van der Waals surface area (Å²) in [5, 5.41) is 15.5. The number of hydrogen-bond donors (Lipinski definition) is 4. The first-order chi connectivity index (χ1) is 17.0. The third-order valence-electron chi connectivity index (χ3n) is 5.02. The molecule has 36 heavy (non-hydrogen) atoms. The highest BCUT2D eigenvalue weighted by atomic mass is 32.1. The van der Waals surface area contributed by atoms with Gasteiger partial charge in [-0.25, -0.2) is 4.79 Å². The predicted molar refractivity (Wildman–Crippen MR) is 141 cm³/mol. The highest BCUT2D eigenvalue weighted by Crippen LogP contribution is 2.27. The maximum absolute atomic E-state index is 13.7. The lowest BCUT2D eigenvalue weighted by atomic mass is 10.0. The van der Waals surface area contributed by atoms with Crippen molar-refractivity contribution in [1.29, 1.82) is 0 Å². The van der Waals surface area contributed by atoms with Crippen molar-refractivity contribution in [2.24, 2.45) is 0 Å². The van der Waals surface area contributed by atoms with E-state index in [4.69, 9.17) is 9.47 Å². The summed E-state index contributed by atoms with van der Waals surface area (Å²) >= 11 is 4.26. The summed E-state index contributed by atoms with van der Waals surface area (Å²) in [4.78, 5) is 41.0. The van der Waals surface area contributed by atoms with Gasteiger partial charge >= 0.3 is 6.09 Å². The third kappa shape index (κ3) is 8.37. The molecule has 2 aromatic carbocycles. The summed E-state index contributed by atoms with van der Waals surface area (Å²) in [6, 6.07) is 10.8. The van der Waals surface area contributed by atoms with Crippen LogP contribution in [0.1, 0.15) is 45.7 Å². The number of alkyl carbamates (subject to hydrolysis) is 1. The molecule has 2 rings (SSSR count). The van der Waals surface area contributed by atoms with Crippen LogP contribution in [0.3, 0.4) is 0 Å². The Morgan fingerprint density at radius 3 is 2.31 bits per heavy atom. The van der Waals surface area contributed by atoms with Gasteiger partial charge in [0.2, 0.25) is 5.91 Å². The van der Waals surface area contributed by atoms with Crippen molar-refractivity contribution in [3.05, 3.63) is 54.1 Å². The fourth-order valence-corrected chi connectivity index (χ4v) is 3.74. The van der Waals surface area contributed by atoms with E-state index in [2.05, 4.69) is 23.3 Å². The minimum absolute atomic E-state index is 0.00878. The molecule has 0 aromatic heterocycles. The summed E-state index contributed by atoms with van der Waals surface area (Å²) in [6.45, 7) is 7.24. The normalized spacial score (nSPS) is 12.7. The van der Waals surface area contributed by atoms with E-state index in [0.29, 0.717) is 23.4 Å². The molecule has 2 unspecified atom stereocenters. The summed E-state index contributed by atoms with van der Waals surface area (Å²) in [7, 11) is 1.54. The number of phenols is 1. The second-order valence-electron chi connectivity index (χ2n) is 9.13. The largest absolute Gasteiger partial charge is 0.508 e.